The van der Waals surface area contributed by atoms with Gasteiger partial charge in [0.15, 0.2) is 12.4 Å². The Labute approximate surface area is 468 Å². The highest BCUT2D eigenvalue weighted by atomic mass is 16.7. The summed E-state index contributed by atoms with van der Waals surface area (Å²) in [5.41, 5.74) is 0. The summed E-state index contributed by atoms with van der Waals surface area (Å²) in [6, 6.07) is 0. The van der Waals surface area contributed by atoms with Crippen LogP contribution in [0.3, 0.4) is 0 Å². The first kappa shape index (κ1) is 72.7. The molecule has 0 spiro atoms. The standard InChI is InChI=1S/C67H119NO8/c1-6-8-10-12-14-16-18-20-22-24-26-28-30-31-32-33-34-36-37-39-41-43-45-47-49-51-53-55-57-64(69)74-61-63(62-75-67(66(71)72)73-60-59-68(3,4)5)76-65(70)58-56-54-52-50-48-46-44-42-40-38-35-29-27-25-23-21-19-17-15-13-11-9-7-2/h9,11,15,17,21,23,27,29,38,40,44,46,63,67H,6-8,10,12-14,16,18-20,22,24-26,28,30-37,39,41-43,45,47-62H2,1-5H3/b11-9-,17-15-,23-21-,29-27-,40-38-,46-44-. The van der Waals surface area contributed by atoms with Crippen LogP contribution in [0.4, 0.5) is 0 Å². The van der Waals surface area contributed by atoms with Crippen molar-refractivity contribution < 1.29 is 42.9 Å². The van der Waals surface area contributed by atoms with Crippen LogP contribution >= 0.6 is 0 Å². The first-order valence-corrected chi connectivity index (χ1v) is 31.6. The van der Waals surface area contributed by atoms with E-state index in [1.807, 2.05) is 21.1 Å². The van der Waals surface area contributed by atoms with Gasteiger partial charge < -0.3 is 33.3 Å². The molecule has 0 rings (SSSR count). The lowest BCUT2D eigenvalue weighted by Gasteiger charge is -2.26. The molecule has 2 atom stereocenters. The van der Waals surface area contributed by atoms with Crippen LogP contribution in [0.2, 0.25) is 0 Å². The SMILES string of the molecule is CC/C=C\C/C=C\C/C=C\C/C=C\C/C=C\C/C=C\CCCCCCC(=O)OC(COC(=O)CCCCCCCCCCCCCCCCCCCCCCCCCCCCCC)COC(OCC[N+](C)(C)C)C(=O)[O-]. The summed E-state index contributed by atoms with van der Waals surface area (Å²) in [4.78, 5) is 37.4. The van der Waals surface area contributed by atoms with Gasteiger partial charge >= 0.3 is 11.9 Å². The second-order valence-corrected chi connectivity index (χ2v) is 22.3. The van der Waals surface area contributed by atoms with Crippen molar-refractivity contribution in [3.63, 3.8) is 0 Å². The molecule has 0 radical (unpaired) electrons. The van der Waals surface area contributed by atoms with Crippen molar-refractivity contribution in [3.05, 3.63) is 72.9 Å². The van der Waals surface area contributed by atoms with E-state index in [0.29, 0.717) is 17.4 Å². The van der Waals surface area contributed by atoms with Crippen LogP contribution in [-0.2, 0) is 33.3 Å². The lowest BCUT2D eigenvalue weighted by molar-refractivity contribution is -0.870. The number of allylic oxidation sites excluding steroid dienone is 12. The molecule has 0 aliphatic rings. The van der Waals surface area contributed by atoms with Gasteiger partial charge in [0.2, 0.25) is 0 Å². The van der Waals surface area contributed by atoms with E-state index in [1.165, 1.54) is 161 Å². The maximum atomic E-state index is 12.9. The Kier molecular flexibility index (Phi) is 55.4. The summed E-state index contributed by atoms with van der Waals surface area (Å²) in [5, 5.41) is 11.8. The summed E-state index contributed by atoms with van der Waals surface area (Å²) >= 11 is 0. The lowest BCUT2D eigenvalue weighted by atomic mass is 10.0. The normalized spacial score (nSPS) is 13.2. The molecule has 440 valence electrons. The Hall–Kier alpha value is -3.27. The smallest absolute Gasteiger partial charge is 0.306 e. The number of hydrogen-bond acceptors (Lipinski definition) is 8. The van der Waals surface area contributed by atoms with Crippen molar-refractivity contribution in [1.82, 2.24) is 0 Å². The van der Waals surface area contributed by atoms with E-state index >= 15 is 0 Å². The predicted octanol–water partition coefficient (Wildman–Crippen LogP) is 17.6. The van der Waals surface area contributed by atoms with Crippen LogP contribution < -0.4 is 5.11 Å². The van der Waals surface area contributed by atoms with Gasteiger partial charge in [-0.1, -0.05) is 273 Å². The topological polar surface area (TPSA) is 111 Å². The second-order valence-electron chi connectivity index (χ2n) is 22.3. The van der Waals surface area contributed by atoms with Gasteiger partial charge in [0.1, 0.15) is 13.2 Å². The number of carboxylic acids is 1. The highest BCUT2D eigenvalue weighted by molar-refractivity contribution is 5.70. The fraction of sp³-hybridized carbons (Fsp3) is 0.776. The molecule has 0 aromatic heterocycles. The molecule has 0 fully saturated rings. The summed E-state index contributed by atoms with van der Waals surface area (Å²) in [6.07, 6.45) is 72.6. The molecule has 2 unspecified atom stereocenters. The molecule has 0 aliphatic carbocycles. The van der Waals surface area contributed by atoms with E-state index in [2.05, 4.69) is 86.8 Å². The quantitative estimate of drug-likeness (QED) is 0.0195. The molecular formula is C67H119NO8. The van der Waals surface area contributed by atoms with Gasteiger partial charge in [0.25, 0.3) is 0 Å². The highest BCUT2D eigenvalue weighted by Crippen LogP contribution is 2.17. The number of carboxylic acid groups (broad SMARTS) is 1. The van der Waals surface area contributed by atoms with E-state index in [9.17, 15) is 19.5 Å². The van der Waals surface area contributed by atoms with Crippen molar-refractivity contribution >= 4 is 17.9 Å². The second kappa shape index (κ2) is 57.9. The number of unbranched alkanes of at least 4 members (excludes halogenated alkanes) is 31. The first-order valence-electron chi connectivity index (χ1n) is 31.6. The van der Waals surface area contributed by atoms with Gasteiger partial charge in [-0.25, -0.2) is 0 Å². The van der Waals surface area contributed by atoms with E-state index in [-0.39, 0.29) is 38.6 Å². The number of hydrogen-bond donors (Lipinski definition) is 0. The zero-order valence-corrected chi connectivity index (χ0v) is 50.1. The van der Waals surface area contributed by atoms with Crippen molar-refractivity contribution in [2.75, 3.05) is 47.5 Å². The number of ether oxygens (including phenoxy) is 4. The van der Waals surface area contributed by atoms with Crippen LogP contribution in [0.1, 0.15) is 277 Å². The van der Waals surface area contributed by atoms with E-state index < -0.39 is 24.3 Å². The number of nitrogens with zero attached hydrogens (tertiary/aromatic N) is 1. The van der Waals surface area contributed by atoms with Crippen LogP contribution in [0.5, 0.6) is 0 Å². The minimum absolute atomic E-state index is 0.140. The first-order chi connectivity index (χ1) is 37.1. The number of likely N-dealkylation sites (N-methyl/N-ethyl adjacent to an activating group) is 1. The molecule has 0 saturated heterocycles. The van der Waals surface area contributed by atoms with Crippen LogP contribution in [-0.4, -0.2) is 82.3 Å². The summed E-state index contributed by atoms with van der Waals surface area (Å²) in [7, 11) is 5.92. The largest absolute Gasteiger partial charge is 0.545 e. The van der Waals surface area contributed by atoms with Crippen LogP contribution in [0.15, 0.2) is 72.9 Å². The fourth-order valence-corrected chi connectivity index (χ4v) is 8.89. The van der Waals surface area contributed by atoms with Gasteiger partial charge in [0.05, 0.1) is 40.3 Å². The molecule has 9 heteroatoms. The van der Waals surface area contributed by atoms with E-state index in [4.69, 9.17) is 18.9 Å². The number of carbonyl (C=O) groups excluding carboxylic acids is 3. The minimum Gasteiger partial charge on any atom is -0.545 e. The summed E-state index contributed by atoms with van der Waals surface area (Å²) < 4.78 is 22.7. The third-order valence-corrected chi connectivity index (χ3v) is 13.7. The van der Waals surface area contributed by atoms with E-state index in [0.717, 1.165) is 83.5 Å². The van der Waals surface area contributed by atoms with Gasteiger partial charge in [-0.05, 0) is 64.2 Å². The maximum Gasteiger partial charge on any atom is 0.306 e. The third-order valence-electron chi connectivity index (χ3n) is 13.7. The van der Waals surface area contributed by atoms with Crippen molar-refractivity contribution in [2.24, 2.45) is 0 Å². The predicted molar refractivity (Wildman–Crippen MR) is 320 cm³/mol. The lowest BCUT2D eigenvalue weighted by Crippen LogP contribution is -2.44. The number of aliphatic carboxylic acids is 1. The Morgan fingerprint density at radius 1 is 0.408 bits per heavy atom. The third kappa shape index (κ3) is 58.4. The molecule has 0 heterocycles. The molecule has 76 heavy (non-hydrogen) atoms. The molecule has 9 nitrogen and oxygen atoms in total. The van der Waals surface area contributed by atoms with Crippen molar-refractivity contribution in [2.45, 2.75) is 289 Å². The zero-order chi connectivity index (χ0) is 55.5. The monoisotopic (exact) mass is 1070 g/mol. The molecule has 0 N–H and O–H groups in total. The minimum atomic E-state index is -1.63. The Balaban J connectivity index is 4.20. The fourth-order valence-electron chi connectivity index (χ4n) is 8.89. The molecule has 0 bridgehead atoms. The maximum absolute atomic E-state index is 12.9. The number of carbonyl (C=O) groups is 3. The van der Waals surface area contributed by atoms with Crippen LogP contribution in [0, 0.1) is 0 Å². The van der Waals surface area contributed by atoms with Gasteiger partial charge in [-0.15, -0.1) is 0 Å². The highest BCUT2D eigenvalue weighted by Gasteiger charge is 2.22. The van der Waals surface area contributed by atoms with Gasteiger partial charge in [-0.2, -0.15) is 0 Å². The van der Waals surface area contributed by atoms with Crippen molar-refractivity contribution in [3.8, 4) is 0 Å². The average Bonchev–Trinajstić information content (AvgIpc) is 3.39. The number of esters is 2. The molecule has 0 aromatic rings. The number of rotatable bonds is 58. The molecule has 0 saturated carbocycles. The molecular weight excluding hydrogens is 947 g/mol. The van der Waals surface area contributed by atoms with E-state index in [1.54, 1.807) is 0 Å². The van der Waals surface area contributed by atoms with Gasteiger partial charge in [-0.3, -0.25) is 9.59 Å². The Bertz CT molecular complexity index is 1470. The number of quaternary nitrogens is 1. The van der Waals surface area contributed by atoms with Crippen molar-refractivity contribution in [1.29, 1.82) is 0 Å². The molecule has 0 amide bonds. The average molecular weight is 1070 g/mol. The zero-order valence-electron chi connectivity index (χ0n) is 50.1. The van der Waals surface area contributed by atoms with Gasteiger partial charge in [0, 0.05) is 12.8 Å². The Morgan fingerprint density at radius 2 is 0.750 bits per heavy atom. The van der Waals surface area contributed by atoms with Crippen LogP contribution in [0.25, 0.3) is 0 Å². The Morgan fingerprint density at radius 3 is 1.12 bits per heavy atom. The molecule has 0 aliphatic heterocycles. The summed E-state index contributed by atoms with van der Waals surface area (Å²) in [6.45, 7) is 4.63. The summed E-state index contributed by atoms with van der Waals surface area (Å²) in [5.74, 6) is -2.31. The molecule has 0 aromatic carbocycles.